The molecule has 0 aromatic heterocycles. The van der Waals surface area contributed by atoms with Crippen LogP contribution in [0.15, 0.2) is 77.7 Å². The molecule has 0 N–H and O–H groups in total. The van der Waals surface area contributed by atoms with Crippen molar-refractivity contribution in [3.63, 3.8) is 0 Å². The van der Waals surface area contributed by atoms with E-state index in [0.29, 0.717) is 4.90 Å². The fraction of sp³-hybridized carbons (Fsp3) is 0.419. The van der Waals surface area contributed by atoms with Crippen LogP contribution in [0.1, 0.15) is 56.7 Å². The Kier molecular flexibility index (Phi) is 10.1. The van der Waals surface area contributed by atoms with Gasteiger partial charge in [-0.05, 0) is 85.5 Å². The van der Waals surface area contributed by atoms with Crippen molar-refractivity contribution < 1.29 is 8.42 Å². The summed E-state index contributed by atoms with van der Waals surface area (Å²) in [7, 11) is -3.13. The summed E-state index contributed by atoms with van der Waals surface area (Å²) in [5.74, 6) is 0. The van der Waals surface area contributed by atoms with Crippen LogP contribution >= 0.6 is 0 Å². The fourth-order valence-electron chi connectivity index (χ4n) is 4.77. The molecule has 4 rings (SSSR count). The lowest BCUT2D eigenvalue weighted by molar-refractivity contribution is 0.272. The maximum Gasteiger partial charge on any atom is 0.175 e. The summed E-state index contributed by atoms with van der Waals surface area (Å²) in [6, 6.07) is 25.1. The molecule has 1 aliphatic rings. The van der Waals surface area contributed by atoms with E-state index in [9.17, 15) is 8.42 Å². The summed E-state index contributed by atoms with van der Waals surface area (Å²) >= 11 is 0. The minimum absolute atomic E-state index is 0.364. The highest BCUT2D eigenvalue weighted by molar-refractivity contribution is 7.90. The molecule has 3 nitrogen and oxygen atoms in total. The van der Waals surface area contributed by atoms with Gasteiger partial charge in [0.25, 0.3) is 0 Å². The van der Waals surface area contributed by atoms with Gasteiger partial charge in [0.15, 0.2) is 9.84 Å². The Balaban J connectivity index is 0.000000261. The van der Waals surface area contributed by atoms with Crippen LogP contribution in [-0.4, -0.2) is 38.7 Å². The van der Waals surface area contributed by atoms with Gasteiger partial charge in [-0.2, -0.15) is 0 Å². The smallest absolute Gasteiger partial charge is 0.175 e. The van der Waals surface area contributed by atoms with Crippen LogP contribution in [0.25, 0.3) is 11.1 Å². The van der Waals surface area contributed by atoms with Gasteiger partial charge in [0, 0.05) is 18.8 Å². The summed E-state index contributed by atoms with van der Waals surface area (Å²) in [4.78, 5) is 2.93. The Labute approximate surface area is 213 Å². The van der Waals surface area contributed by atoms with Crippen molar-refractivity contribution >= 4 is 9.84 Å². The molecule has 0 radical (unpaired) electrons. The molecule has 0 bridgehead atoms. The van der Waals surface area contributed by atoms with E-state index in [2.05, 4.69) is 74.2 Å². The van der Waals surface area contributed by atoms with E-state index < -0.39 is 9.84 Å². The molecule has 0 aliphatic carbocycles. The average Bonchev–Trinajstić information content (AvgIpc) is 3.28. The third-order valence-corrected chi connectivity index (χ3v) is 8.10. The van der Waals surface area contributed by atoms with Gasteiger partial charge in [0.2, 0.25) is 0 Å². The number of rotatable bonds is 8. The van der Waals surface area contributed by atoms with E-state index in [1.807, 2.05) is 12.1 Å². The maximum absolute atomic E-state index is 11.5. The molecule has 1 saturated heterocycles. The predicted molar refractivity (Wildman–Crippen MR) is 149 cm³/mol. The van der Waals surface area contributed by atoms with E-state index in [4.69, 9.17) is 0 Å². The van der Waals surface area contributed by atoms with Crippen LogP contribution in [-0.2, 0) is 29.1 Å². The molecular formula is C31H41NO2S. The van der Waals surface area contributed by atoms with Crippen LogP contribution in [0.2, 0.25) is 0 Å². The Morgan fingerprint density at radius 1 is 0.829 bits per heavy atom. The van der Waals surface area contributed by atoms with Crippen LogP contribution < -0.4 is 0 Å². The lowest BCUT2D eigenvalue weighted by Crippen LogP contribution is -2.28. The average molecular weight is 492 g/mol. The predicted octanol–water partition coefficient (Wildman–Crippen LogP) is 6.99. The summed E-state index contributed by atoms with van der Waals surface area (Å²) in [6.45, 7) is 9.12. The molecular weight excluding hydrogens is 450 g/mol. The normalized spacial score (nSPS) is 16.1. The molecule has 1 fully saturated rings. The van der Waals surface area contributed by atoms with Gasteiger partial charge in [0.1, 0.15) is 0 Å². The molecule has 3 aromatic rings. The molecule has 188 valence electrons. The molecule has 1 aliphatic heterocycles. The zero-order chi connectivity index (χ0) is 25.3. The second-order valence-corrected chi connectivity index (χ2v) is 11.7. The zero-order valence-electron chi connectivity index (χ0n) is 21.8. The monoisotopic (exact) mass is 491 g/mol. The SMILES string of the molecule is CCCc1ccccc1CC.C[C@@H]1CCCN1CCc1ccc(-c2ccc(S(C)(=O)=O)cc2)cc1. The van der Waals surface area contributed by atoms with Gasteiger partial charge in [-0.3, -0.25) is 0 Å². The molecule has 1 heterocycles. The number of hydrogen-bond donors (Lipinski definition) is 0. The zero-order valence-corrected chi connectivity index (χ0v) is 22.7. The van der Waals surface area contributed by atoms with Crippen molar-refractivity contribution in [3.8, 4) is 11.1 Å². The summed E-state index contributed by atoms with van der Waals surface area (Å²) < 4.78 is 23.1. The van der Waals surface area contributed by atoms with E-state index >= 15 is 0 Å². The van der Waals surface area contributed by atoms with Crippen molar-refractivity contribution in [2.45, 2.75) is 70.2 Å². The van der Waals surface area contributed by atoms with Gasteiger partial charge in [-0.25, -0.2) is 8.42 Å². The van der Waals surface area contributed by atoms with Gasteiger partial charge in [0.05, 0.1) is 4.90 Å². The molecule has 4 heteroatoms. The lowest BCUT2D eigenvalue weighted by atomic mass is 10.0. The largest absolute Gasteiger partial charge is 0.300 e. The van der Waals surface area contributed by atoms with E-state index in [1.165, 1.54) is 55.2 Å². The van der Waals surface area contributed by atoms with Crippen molar-refractivity contribution in [1.82, 2.24) is 4.90 Å². The van der Waals surface area contributed by atoms with Crippen molar-refractivity contribution in [2.24, 2.45) is 0 Å². The van der Waals surface area contributed by atoms with Crippen LogP contribution in [0.3, 0.4) is 0 Å². The molecule has 1 atom stereocenters. The molecule has 35 heavy (non-hydrogen) atoms. The van der Waals surface area contributed by atoms with E-state index in [1.54, 1.807) is 12.1 Å². The van der Waals surface area contributed by atoms with Crippen molar-refractivity contribution in [1.29, 1.82) is 0 Å². The number of benzene rings is 3. The maximum atomic E-state index is 11.5. The van der Waals surface area contributed by atoms with Crippen molar-refractivity contribution in [3.05, 3.63) is 89.5 Å². The molecule has 0 unspecified atom stereocenters. The number of hydrogen-bond acceptors (Lipinski definition) is 3. The first-order valence-electron chi connectivity index (χ1n) is 13.0. The van der Waals surface area contributed by atoms with Gasteiger partial charge in [-0.1, -0.05) is 80.9 Å². The molecule has 3 aromatic carbocycles. The fourth-order valence-corrected chi connectivity index (χ4v) is 5.40. The number of likely N-dealkylation sites (tertiary alicyclic amines) is 1. The first kappa shape index (κ1) is 27.2. The second-order valence-electron chi connectivity index (χ2n) is 9.64. The third-order valence-electron chi connectivity index (χ3n) is 6.97. The highest BCUT2D eigenvalue weighted by Gasteiger charge is 2.19. The Morgan fingerprint density at radius 3 is 1.94 bits per heavy atom. The lowest BCUT2D eigenvalue weighted by Gasteiger charge is -2.20. The summed E-state index contributed by atoms with van der Waals surface area (Å²) in [5.41, 5.74) is 6.55. The van der Waals surface area contributed by atoms with E-state index in [0.717, 1.165) is 36.6 Å². The highest BCUT2D eigenvalue weighted by atomic mass is 32.2. The van der Waals surface area contributed by atoms with Gasteiger partial charge < -0.3 is 4.90 Å². The Bertz CT molecular complexity index is 1150. The number of aryl methyl sites for hydroxylation is 2. The second kappa shape index (κ2) is 13.0. The topological polar surface area (TPSA) is 37.4 Å². The Hall–Kier alpha value is -2.43. The quantitative estimate of drug-likeness (QED) is 0.341. The minimum atomic E-state index is -3.13. The van der Waals surface area contributed by atoms with Gasteiger partial charge >= 0.3 is 0 Å². The molecule has 0 amide bonds. The van der Waals surface area contributed by atoms with E-state index in [-0.39, 0.29) is 0 Å². The number of nitrogens with zero attached hydrogens (tertiary/aromatic N) is 1. The minimum Gasteiger partial charge on any atom is -0.300 e. The Morgan fingerprint density at radius 2 is 1.43 bits per heavy atom. The summed E-state index contributed by atoms with van der Waals surface area (Å²) in [5, 5.41) is 0. The third kappa shape index (κ3) is 8.05. The van der Waals surface area contributed by atoms with Crippen LogP contribution in [0.4, 0.5) is 0 Å². The standard InChI is InChI=1S/C20H25NO2S.C11H16/c1-16-4-3-14-21(16)15-13-17-5-7-18(8-6-17)19-9-11-20(12-10-19)24(2,22)23;1-3-7-11-9-6-5-8-10(11)4-2/h5-12,16H,3-4,13-15H2,1-2H3;5-6,8-9H,3-4,7H2,1-2H3/t16-;/m1./s1. The number of sulfone groups is 1. The first-order chi connectivity index (χ1) is 16.8. The van der Waals surface area contributed by atoms with Crippen LogP contribution in [0, 0.1) is 0 Å². The summed E-state index contributed by atoms with van der Waals surface area (Å²) in [6.07, 6.45) is 8.60. The first-order valence-corrected chi connectivity index (χ1v) is 14.9. The van der Waals surface area contributed by atoms with Gasteiger partial charge in [-0.15, -0.1) is 0 Å². The van der Waals surface area contributed by atoms with Crippen molar-refractivity contribution in [2.75, 3.05) is 19.3 Å². The molecule has 0 spiro atoms. The highest BCUT2D eigenvalue weighted by Crippen LogP contribution is 2.23. The van der Waals surface area contributed by atoms with Crippen LogP contribution in [0.5, 0.6) is 0 Å². The molecule has 0 saturated carbocycles.